The zero-order valence-electron chi connectivity index (χ0n) is 9.00. The molecule has 1 unspecified atom stereocenters. The van der Waals surface area contributed by atoms with Crippen LogP contribution in [0.1, 0.15) is 12.6 Å². The second-order valence-electron chi connectivity index (χ2n) is 3.37. The minimum Gasteiger partial charge on any atom is -0.482 e. The fourth-order valence-electron chi connectivity index (χ4n) is 1.02. The Balaban J connectivity index is 2.81. The summed E-state index contributed by atoms with van der Waals surface area (Å²) in [5, 5.41) is 8.42. The fourth-order valence-corrected chi connectivity index (χ4v) is 1.02. The highest BCUT2D eigenvalue weighted by Gasteiger charge is 2.62. The molecule has 1 aromatic heterocycles. The van der Waals surface area contributed by atoms with Crippen molar-refractivity contribution >= 4 is 0 Å². The van der Waals surface area contributed by atoms with Crippen LogP contribution in [-0.4, -0.2) is 23.2 Å². The minimum atomic E-state index is -5.69. The highest BCUT2D eigenvalue weighted by Crippen LogP contribution is 2.39. The topological polar surface area (TPSA) is 45.9 Å². The molecule has 98 valence electrons. The number of nitriles is 1. The van der Waals surface area contributed by atoms with Gasteiger partial charge in [0.15, 0.2) is 6.10 Å². The van der Waals surface area contributed by atoms with Crippen molar-refractivity contribution in [2.45, 2.75) is 25.1 Å². The highest BCUT2D eigenvalue weighted by atomic mass is 19.4. The third-order valence-corrected chi connectivity index (χ3v) is 2.05. The summed E-state index contributed by atoms with van der Waals surface area (Å²) in [6.07, 6.45) is -7.18. The van der Waals surface area contributed by atoms with Gasteiger partial charge in [-0.3, -0.25) is 0 Å². The molecule has 0 N–H and O–H groups in total. The molecular formula is C10H7F5N2O. The molecule has 0 radical (unpaired) electrons. The number of hydrogen-bond acceptors (Lipinski definition) is 3. The molecule has 0 bridgehead atoms. The van der Waals surface area contributed by atoms with Gasteiger partial charge < -0.3 is 4.74 Å². The number of halogens is 5. The lowest BCUT2D eigenvalue weighted by Crippen LogP contribution is -2.48. The number of rotatable bonds is 3. The standard InChI is InChI=1S/C10H7F5N2O/c1-6(9(11,12)10(13,14)15)18-8-3-2-7(4-16)17-5-8/h2-3,5-6H,1H3. The predicted molar refractivity (Wildman–Crippen MR) is 50.0 cm³/mol. The Morgan fingerprint density at radius 2 is 1.89 bits per heavy atom. The summed E-state index contributed by atoms with van der Waals surface area (Å²) in [7, 11) is 0. The molecule has 0 aliphatic carbocycles. The molecule has 18 heavy (non-hydrogen) atoms. The first-order valence-corrected chi connectivity index (χ1v) is 4.66. The lowest BCUT2D eigenvalue weighted by Gasteiger charge is -2.26. The normalized spacial score (nSPS) is 13.8. The summed E-state index contributed by atoms with van der Waals surface area (Å²) < 4.78 is 66.2. The van der Waals surface area contributed by atoms with E-state index in [1.165, 1.54) is 0 Å². The maximum absolute atomic E-state index is 12.8. The molecule has 3 nitrogen and oxygen atoms in total. The van der Waals surface area contributed by atoms with Crippen molar-refractivity contribution in [1.82, 2.24) is 4.98 Å². The molecule has 0 aromatic carbocycles. The van der Waals surface area contributed by atoms with E-state index in [1.54, 1.807) is 6.07 Å². The zero-order chi connectivity index (χ0) is 14.0. The Kier molecular flexibility index (Phi) is 3.74. The van der Waals surface area contributed by atoms with Crippen LogP contribution in [0.4, 0.5) is 22.0 Å². The Bertz CT molecular complexity index is 449. The van der Waals surface area contributed by atoms with E-state index in [2.05, 4.69) is 9.72 Å². The van der Waals surface area contributed by atoms with Gasteiger partial charge in [-0.15, -0.1) is 0 Å². The van der Waals surface area contributed by atoms with Crippen molar-refractivity contribution in [2.75, 3.05) is 0 Å². The summed E-state index contributed by atoms with van der Waals surface area (Å²) >= 11 is 0. The Morgan fingerprint density at radius 3 is 2.28 bits per heavy atom. The van der Waals surface area contributed by atoms with Crippen LogP contribution in [0.2, 0.25) is 0 Å². The lowest BCUT2D eigenvalue weighted by molar-refractivity contribution is -0.306. The summed E-state index contributed by atoms with van der Waals surface area (Å²) in [4.78, 5) is 3.48. The lowest BCUT2D eigenvalue weighted by atomic mass is 10.2. The van der Waals surface area contributed by atoms with Crippen molar-refractivity contribution in [3.8, 4) is 11.8 Å². The quantitative estimate of drug-likeness (QED) is 0.790. The Hall–Kier alpha value is -1.91. The van der Waals surface area contributed by atoms with Crippen LogP contribution in [0, 0.1) is 11.3 Å². The molecule has 8 heteroatoms. The first kappa shape index (κ1) is 14.2. The average molecular weight is 266 g/mol. The van der Waals surface area contributed by atoms with E-state index in [4.69, 9.17) is 5.26 Å². The number of ether oxygens (including phenoxy) is 1. The number of alkyl halides is 5. The summed E-state index contributed by atoms with van der Waals surface area (Å²) in [5.74, 6) is -5.24. The summed E-state index contributed by atoms with van der Waals surface area (Å²) in [5.41, 5.74) is -0.00224. The van der Waals surface area contributed by atoms with Crippen LogP contribution in [0.3, 0.4) is 0 Å². The minimum absolute atomic E-state index is 0.00224. The summed E-state index contributed by atoms with van der Waals surface area (Å²) in [6.45, 7) is 0.603. The van der Waals surface area contributed by atoms with E-state index in [0.717, 1.165) is 18.3 Å². The monoisotopic (exact) mass is 266 g/mol. The molecule has 0 saturated carbocycles. The van der Waals surface area contributed by atoms with Gasteiger partial charge in [0.1, 0.15) is 17.5 Å². The Morgan fingerprint density at radius 1 is 1.28 bits per heavy atom. The second kappa shape index (κ2) is 4.76. The SMILES string of the molecule is CC(Oc1ccc(C#N)nc1)C(F)(F)C(F)(F)F. The van der Waals surface area contributed by atoms with Crippen LogP contribution in [-0.2, 0) is 0 Å². The van der Waals surface area contributed by atoms with Crippen LogP contribution in [0.5, 0.6) is 5.75 Å². The molecule has 1 atom stereocenters. The molecule has 0 aliphatic rings. The van der Waals surface area contributed by atoms with Gasteiger partial charge in [0, 0.05) is 0 Å². The van der Waals surface area contributed by atoms with E-state index >= 15 is 0 Å². The second-order valence-corrected chi connectivity index (χ2v) is 3.37. The van der Waals surface area contributed by atoms with Crippen molar-refractivity contribution in [3.63, 3.8) is 0 Å². The molecule has 0 amide bonds. The van der Waals surface area contributed by atoms with Gasteiger partial charge >= 0.3 is 12.1 Å². The third-order valence-electron chi connectivity index (χ3n) is 2.05. The van der Waals surface area contributed by atoms with Crippen LogP contribution < -0.4 is 4.74 Å². The van der Waals surface area contributed by atoms with E-state index in [-0.39, 0.29) is 11.4 Å². The van der Waals surface area contributed by atoms with Gasteiger partial charge in [0.2, 0.25) is 0 Å². The zero-order valence-corrected chi connectivity index (χ0v) is 9.00. The number of pyridine rings is 1. The van der Waals surface area contributed by atoms with Crippen LogP contribution in [0.25, 0.3) is 0 Å². The van der Waals surface area contributed by atoms with E-state index in [9.17, 15) is 22.0 Å². The van der Waals surface area contributed by atoms with Gasteiger partial charge in [0.05, 0.1) is 6.20 Å². The van der Waals surface area contributed by atoms with Crippen molar-refractivity contribution in [3.05, 3.63) is 24.0 Å². The van der Waals surface area contributed by atoms with E-state index in [1.807, 2.05) is 0 Å². The van der Waals surface area contributed by atoms with Crippen LogP contribution >= 0.6 is 0 Å². The first-order valence-electron chi connectivity index (χ1n) is 4.66. The molecule has 0 fully saturated rings. The van der Waals surface area contributed by atoms with E-state index in [0.29, 0.717) is 6.92 Å². The summed E-state index contributed by atoms with van der Waals surface area (Å²) in [6, 6.07) is 3.91. The van der Waals surface area contributed by atoms with Crippen molar-refractivity contribution in [2.24, 2.45) is 0 Å². The fraction of sp³-hybridized carbons (Fsp3) is 0.400. The molecule has 0 aliphatic heterocycles. The van der Waals surface area contributed by atoms with Gasteiger partial charge in [-0.2, -0.15) is 27.2 Å². The average Bonchev–Trinajstić information content (AvgIpc) is 2.28. The molecule has 0 saturated heterocycles. The number of aromatic nitrogens is 1. The van der Waals surface area contributed by atoms with Gasteiger partial charge in [-0.25, -0.2) is 4.98 Å². The largest absolute Gasteiger partial charge is 0.482 e. The predicted octanol–water partition coefficient (Wildman–Crippen LogP) is 2.92. The van der Waals surface area contributed by atoms with Crippen LogP contribution in [0.15, 0.2) is 18.3 Å². The molecule has 1 aromatic rings. The van der Waals surface area contributed by atoms with Gasteiger partial charge in [-0.1, -0.05) is 0 Å². The molecular weight excluding hydrogens is 259 g/mol. The molecule has 0 spiro atoms. The number of hydrogen-bond donors (Lipinski definition) is 0. The van der Waals surface area contributed by atoms with Gasteiger partial charge in [0.25, 0.3) is 0 Å². The first-order chi connectivity index (χ1) is 8.18. The Labute approximate surface area is 98.8 Å². The van der Waals surface area contributed by atoms with Gasteiger partial charge in [-0.05, 0) is 19.1 Å². The smallest absolute Gasteiger partial charge is 0.457 e. The van der Waals surface area contributed by atoms with Crippen molar-refractivity contribution < 1.29 is 26.7 Å². The molecule has 1 rings (SSSR count). The number of nitrogens with zero attached hydrogens (tertiary/aromatic N) is 2. The highest BCUT2D eigenvalue weighted by molar-refractivity contribution is 5.26. The third kappa shape index (κ3) is 2.85. The maximum atomic E-state index is 12.8. The molecule has 1 heterocycles. The van der Waals surface area contributed by atoms with Crippen molar-refractivity contribution in [1.29, 1.82) is 5.26 Å². The maximum Gasteiger partial charge on any atom is 0.457 e. The van der Waals surface area contributed by atoms with E-state index < -0.39 is 18.2 Å².